The van der Waals surface area contributed by atoms with Crippen molar-refractivity contribution in [2.45, 2.75) is 13.0 Å². The van der Waals surface area contributed by atoms with Gasteiger partial charge in [-0.1, -0.05) is 30.3 Å². The molecule has 0 bridgehead atoms. The molecule has 0 saturated heterocycles. The standard InChI is InChI=1S/C11H16F2N2/c12-11(13)9-15(7-6-14)8-10-4-2-1-3-5-10/h1-5,11H,6-9,14H2. The average molecular weight is 214 g/mol. The highest BCUT2D eigenvalue weighted by atomic mass is 19.3. The van der Waals surface area contributed by atoms with Crippen LogP contribution in [-0.2, 0) is 6.54 Å². The van der Waals surface area contributed by atoms with E-state index in [1.54, 1.807) is 4.90 Å². The molecule has 0 aliphatic heterocycles. The van der Waals surface area contributed by atoms with Gasteiger partial charge >= 0.3 is 0 Å². The molecule has 15 heavy (non-hydrogen) atoms. The number of hydrogen-bond donors (Lipinski definition) is 1. The van der Waals surface area contributed by atoms with E-state index in [9.17, 15) is 8.78 Å². The lowest BCUT2D eigenvalue weighted by atomic mass is 10.2. The van der Waals surface area contributed by atoms with Crippen LogP contribution in [0.2, 0.25) is 0 Å². The predicted octanol–water partition coefficient (Wildman–Crippen LogP) is 1.71. The maximum absolute atomic E-state index is 12.2. The molecule has 0 heterocycles. The molecule has 0 saturated carbocycles. The Morgan fingerprint density at radius 3 is 2.40 bits per heavy atom. The first-order valence-electron chi connectivity index (χ1n) is 4.97. The highest BCUT2D eigenvalue weighted by Gasteiger charge is 2.11. The maximum atomic E-state index is 12.2. The Bertz CT molecular complexity index is 265. The van der Waals surface area contributed by atoms with E-state index in [-0.39, 0.29) is 6.54 Å². The zero-order valence-corrected chi connectivity index (χ0v) is 8.57. The Balaban J connectivity index is 2.50. The number of rotatable bonds is 6. The monoisotopic (exact) mass is 214 g/mol. The van der Waals surface area contributed by atoms with Crippen molar-refractivity contribution in [2.75, 3.05) is 19.6 Å². The number of nitrogens with zero attached hydrogens (tertiary/aromatic N) is 1. The molecule has 4 heteroatoms. The van der Waals surface area contributed by atoms with Crippen LogP contribution in [0.25, 0.3) is 0 Å². The number of halogens is 2. The molecule has 84 valence electrons. The molecule has 2 N–H and O–H groups in total. The van der Waals surface area contributed by atoms with Gasteiger partial charge in [-0.05, 0) is 5.56 Å². The lowest BCUT2D eigenvalue weighted by Gasteiger charge is -2.20. The van der Waals surface area contributed by atoms with Crippen molar-refractivity contribution in [3.8, 4) is 0 Å². The van der Waals surface area contributed by atoms with Crippen molar-refractivity contribution in [3.05, 3.63) is 35.9 Å². The molecule has 0 unspecified atom stereocenters. The van der Waals surface area contributed by atoms with Crippen molar-refractivity contribution in [2.24, 2.45) is 5.73 Å². The largest absolute Gasteiger partial charge is 0.329 e. The van der Waals surface area contributed by atoms with E-state index in [1.165, 1.54) is 0 Å². The first kappa shape index (κ1) is 12.1. The fraction of sp³-hybridized carbons (Fsp3) is 0.455. The van der Waals surface area contributed by atoms with E-state index < -0.39 is 6.43 Å². The van der Waals surface area contributed by atoms with Crippen LogP contribution in [0.1, 0.15) is 5.56 Å². The smallest absolute Gasteiger partial charge is 0.251 e. The van der Waals surface area contributed by atoms with Gasteiger partial charge in [0.15, 0.2) is 0 Å². The SMILES string of the molecule is NCCN(Cc1ccccc1)CC(F)F. The van der Waals surface area contributed by atoms with Crippen molar-refractivity contribution < 1.29 is 8.78 Å². The van der Waals surface area contributed by atoms with Gasteiger partial charge in [-0.3, -0.25) is 4.90 Å². The van der Waals surface area contributed by atoms with Gasteiger partial charge in [0.25, 0.3) is 6.43 Å². The molecule has 0 aliphatic rings. The second-order valence-electron chi connectivity index (χ2n) is 3.40. The Morgan fingerprint density at radius 2 is 1.87 bits per heavy atom. The molecule has 0 spiro atoms. The van der Waals surface area contributed by atoms with Gasteiger partial charge in [-0.15, -0.1) is 0 Å². The molecule has 1 aromatic carbocycles. The Hall–Kier alpha value is -1.00. The van der Waals surface area contributed by atoms with Crippen molar-refractivity contribution >= 4 is 0 Å². The van der Waals surface area contributed by atoms with E-state index in [2.05, 4.69) is 0 Å². The van der Waals surface area contributed by atoms with E-state index >= 15 is 0 Å². The number of alkyl halides is 2. The van der Waals surface area contributed by atoms with Crippen molar-refractivity contribution in [1.82, 2.24) is 4.90 Å². The van der Waals surface area contributed by atoms with Crippen LogP contribution >= 0.6 is 0 Å². The molecule has 0 fully saturated rings. The predicted molar refractivity (Wildman–Crippen MR) is 56.8 cm³/mol. The molecule has 2 nitrogen and oxygen atoms in total. The van der Waals surface area contributed by atoms with Gasteiger partial charge in [0, 0.05) is 19.6 Å². The molecule has 0 amide bonds. The highest BCUT2D eigenvalue weighted by Crippen LogP contribution is 2.06. The summed E-state index contributed by atoms with van der Waals surface area (Å²) in [5.41, 5.74) is 6.41. The number of hydrogen-bond acceptors (Lipinski definition) is 2. The van der Waals surface area contributed by atoms with Gasteiger partial charge in [-0.2, -0.15) is 0 Å². The summed E-state index contributed by atoms with van der Waals surface area (Å²) in [6.07, 6.45) is -2.31. The summed E-state index contributed by atoms with van der Waals surface area (Å²) in [6, 6.07) is 9.56. The Morgan fingerprint density at radius 1 is 1.20 bits per heavy atom. The second kappa shape index (κ2) is 6.48. The minimum Gasteiger partial charge on any atom is -0.329 e. The van der Waals surface area contributed by atoms with Crippen LogP contribution < -0.4 is 5.73 Å². The fourth-order valence-electron chi connectivity index (χ4n) is 1.45. The molecule has 0 aliphatic carbocycles. The number of benzene rings is 1. The fourth-order valence-corrected chi connectivity index (χ4v) is 1.45. The molecule has 0 radical (unpaired) electrons. The summed E-state index contributed by atoms with van der Waals surface area (Å²) >= 11 is 0. The molecule has 1 aromatic rings. The summed E-state index contributed by atoms with van der Waals surface area (Å²) in [5, 5.41) is 0. The minimum atomic E-state index is -2.31. The first-order chi connectivity index (χ1) is 7.22. The quantitative estimate of drug-likeness (QED) is 0.781. The zero-order chi connectivity index (χ0) is 11.1. The van der Waals surface area contributed by atoms with Gasteiger partial charge in [0.05, 0.1) is 6.54 Å². The third-order valence-electron chi connectivity index (χ3n) is 2.09. The molecule has 0 atom stereocenters. The third kappa shape index (κ3) is 4.85. The van der Waals surface area contributed by atoms with Crippen LogP contribution in [0, 0.1) is 0 Å². The normalized spacial score (nSPS) is 11.3. The second-order valence-corrected chi connectivity index (χ2v) is 3.40. The lowest BCUT2D eigenvalue weighted by Crippen LogP contribution is -2.33. The number of nitrogens with two attached hydrogens (primary N) is 1. The van der Waals surface area contributed by atoms with E-state index in [0.29, 0.717) is 19.6 Å². The topological polar surface area (TPSA) is 29.3 Å². The van der Waals surface area contributed by atoms with Crippen molar-refractivity contribution in [3.63, 3.8) is 0 Å². The first-order valence-corrected chi connectivity index (χ1v) is 4.97. The molecule has 0 aromatic heterocycles. The highest BCUT2D eigenvalue weighted by molar-refractivity contribution is 5.14. The summed E-state index contributed by atoms with van der Waals surface area (Å²) < 4.78 is 24.5. The van der Waals surface area contributed by atoms with Gasteiger partial charge in [0.1, 0.15) is 0 Å². The van der Waals surface area contributed by atoms with Crippen LogP contribution in [0.15, 0.2) is 30.3 Å². The minimum absolute atomic E-state index is 0.216. The summed E-state index contributed by atoms with van der Waals surface area (Å²) in [7, 11) is 0. The Kier molecular flexibility index (Phi) is 5.21. The molecular formula is C11H16F2N2. The summed E-state index contributed by atoms with van der Waals surface area (Å²) in [5.74, 6) is 0. The van der Waals surface area contributed by atoms with E-state index in [0.717, 1.165) is 5.56 Å². The maximum Gasteiger partial charge on any atom is 0.251 e. The zero-order valence-electron chi connectivity index (χ0n) is 8.57. The summed E-state index contributed by atoms with van der Waals surface area (Å²) in [6.45, 7) is 1.22. The molecular weight excluding hydrogens is 198 g/mol. The van der Waals surface area contributed by atoms with E-state index in [4.69, 9.17) is 5.73 Å². The van der Waals surface area contributed by atoms with Crippen LogP contribution in [0.4, 0.5) is 8.78 Å². The molecule has 1 rings (SSSR count). The lowest BCUT2D eigenvalue weighted by molar-refractivity contribution is 0.0862. The Labute approximate surface area is 88.7 Å². The van der Waals surface area contributed by atoms with Crippen LogP contribution in [0.3, 0.4) is 0 Å². The van der Waals surface area contributed by atoms with Gasteiger partial charge in [-0.25, -0.2) is 8.78 Å². The third-order valence-corrected chi connectivity index (χ3v) is 2.09. The van der Waals surface area contributed by atoms with Crippen LogP contribution in [0.5, 0.6) is 0 Å². The van der Waals surface area contributed by atoms with Crippen LogP contribution in [-0.4, -0.2) is 31.0 Å². The van der Waals surface area contributed by atoms with Crippen molar-refractivity contribution in [1.29, 1.82) is 0 Å². The van der Waals surface area contributed by atoms with Gasteiger partial charge < -0.3 is 5.73 Å². The summed E-state index contributed by atoms with van der Waals surface area (Å²) in [4.78, 5) is 1.67. The average Bonchev–Trinajstić information content (AvgIpc) is 2.18. The van der Waals surface area contributed by atoms with Gasteiger partial charge in [0.2, 0.25) is 0 Å². The van der Waals surface area contributed by atoms with E-state index in [1.807, 2.05) is 30.3 Å².